The number of rotatable bonds is 6. The SMILES string of the molecule is COc1cccc(CN2CCCN(c3ccc(C)cc3NC(=O)c3cccc(C(F)(F)F)c3)C2=O)c1. The van der Waals surface area contributed by atoms with E-state index in [9.17, 15) is 22.8 Å². The number of amides is 3. The van der Waals surface area contributed by atoms with Gasteiger partial charge in [0.2, 0.25) is 0 Å². The summed E-state index contributed by atoms with van der Waals surface area (Å²) in [6, 6.07) is 16.8. The number of urea groups is 1. The first-order chi connectivity index (χ1) is 17.2. The molecule has 1 aliphatic heterocycles. The lowest BCUT2D eigenvalue weighted by Crippen LogP contribution is -2.49. The predicted octanol–water partition coefficient (Wildman–Crippen LogP) is 6.11. The molecule has 1 aliphatic rings. The molecule has 0 unspecified atom stereocenters. The van der Waals surface area contributed by atoms with Crippen molar-refractivity contribution >= 4 is 23.3 Å². The maximum atomic E-state index is 13.4. The van der Waals surface area contributed by atoms with E-state index in [-0.39, 0.29) is 11.6 Å². The first-order valence-corrected chi connectivity index (χ1v) is 11.4. The smallest absolute Gasteiger partial charge is 0.416 e. The van der Waals surface area contributed by atoms with Gasteiger partial charge in [-0.2, -0.15) is 13.2 Å². The molecule has 0 bridgehead atoms. The van der Waals surface area contributed by atoms with Crippen molar-refractivity contribution in [1.82, 2.24) is 4.90 Å². The maximum Gasteiger partial charge on any atom is 0.416 e. The van der Waals surface area contributed by atoms with Crippen LogP contribution in [-0.2, 0) is 12.7 Å². The molecular formula is C27H26F3N3O3. The Morgan fingerprint density at radius 3 is 2.56 bits per heavy atom. The van der Waals surface area contributed by atoms with E-state index in [1.807, 2.05) is 37.3 Å². The van der Waals surface area contributed by atoms with Gasteiger partial charge in [-0.15, -0.1) is 0 Å². The number of hydrogen-bond acceptors (Lipinski definition) is 3. The summed E-state index contributed by atoms with van der Waals surface area (Å²) in [4.78, 5) is 29.6. The van der Waals surface area contributed by atoms with Crippen LogP contribution in [0.15, 0.2) is 66.7 Å². The molecule has 4 rings (SSSR count). The number of aryl methyl sites for hydroxylation is 1. The molecule has 36 heavy (non-hydrogen) atoms. The van der Waals surface area contributed by atoms with Gasteiger partial charge in [0.15, 0.2) is 0 Å². The van der Waals surface area contributed by atoms with Crippen LogP contribution in [0.2, 0.25) is 0 Å². The van der Waals surface area contributed by atoms with Crippen LogP contribution in [0.5, 0.6) is 5.75 Å². The number of hydrogen-bond donors (Lipinski definition) is 1. The lowest BCUT2D eigenvalue weighted by atomic mass is 10.1. The van der Waals surface area contributed by atoms with E-state index in [1.54, 1.807) is 29.0 Å². The lowest BCUT2D eigenvalue weighted by Gasteiger charge is -2.36. The standard InChI is InChI=1S/C27H26F3N3O3/c1-18-10-11-24(23(14-18)31-25(34)20-7-4-8-21(16-20)27(28,29)30)33-13-5-12-32(26(33)35)17-19-6-3-9-22(15-19)36-2/h3-4,6-11,14-16H,5,12-13,17H2,1-2H3,(H,31,34). The van der Waals surface area contributed by atoms with Crippen molar-refractivity contribution in [3.05, 3.63) is 89.0 Å². The number of benzene rings is 3. The second kappa shape index (κ2) is 10.3. The zero-order valence-corrected chi connectivity index (χ0v) is 19.9. The van der Waals surface area contributed by atoms with E-state index in [0.29, 0.717) is 43.2 Å². The van der Waals surface area contributed by atoms with Gasteiger partial charge in [0.25, 0.3) is 5.91 Å². The molecule has 1 N–H and O–H groups in total. The summed E-state index contributed by atoms with van der Waals surface area (Å²) in [6.45, 7) is 3.24. The van der Waals surface area contributed by atoms with Crippen molar-refractivity contribution in [2.45, 2.75) is 26.1 Å². The van der Waals surface area contributed by atoms with E-state index in [2.05, 4.69) is 5.32 Å². The second-order valence-electron chi connectivity index (χ2n) is 8.61. The van der Waals surface area contributed by atoms with Crippen molar-refractivity contribution in [1.29, 1.82) is 0 Å². The summed E-state index contributed by atoms with van der Waals surface area (Å²) in [5, 5.41) is 2.71. The molecule has 6 nitrogen and oxygen atoms in total. The van der Waals surface area contributed by atoms with Crippen LogP contribution in [-0.4, -0.2) is 37.0 Å². The molecule has 188 valence electrons. The minimum absolute atomic E-state index is 0.123. The Labute approximate surface area is 207 Å². The van der Waals surface area contributed by atoms with Crippen LogP contribution in [0.25, 0.3) is 0 Å². The number of carbonyl (C=O) groups excluding carboxylic acids is 2. The molecule has 1 saturated heterocycles. The Balaban J connectivity index is 1.57. The monoisotopic (exact) mass is 497 g/mol. The zero-order valence-electron chi connectivity index (χ0n) is 19.9. The van der Waals surface area contributed by atoms with E-state index < -0.39 is 17.6 Å². The van der Waals surface area contributed by atoms with Gasteiger partial charge in [0, 0.05) is 25.2 Å². The normalized spacial score (nSPS) is 14.1. The molecule has 1 fully saturated rings. The minimum atomic E-state index is -4.56. The summed E-state index contributed by atoms with van der Waals surface area (Å²) in [6.07, 6.45) is -3.85. The minimum Gasteiger partial charge on any atom is -0.497 e. The van der Waals surface area contributed by atoms with Crippen molar-refractivity contribution in [2.75, 3.05) is 30.4 Å². The lowest BCUT2D eigenvalue weighted by molar-refractivity contribution is -0.137. The van der Waals surface area contributed by atoms with Gasteiger partial charge in [-0.3, -0.25) is 9.69 Å². The molecule has 3 aromatic carbocycles. The summed E-state index contributed by atoms with van der Waals surface area (Å²) in [7, 11) is 1.58. The zero-order chi connectivity index (χ0) is 25.9. The predicted molar refractivity (Wildman–Crippen MR) is 131 cm³/mol. The topological polar surface area (TPSA) is 61.9 Å². The van der Waals surface area contributed by atoms with Crippen LogP contribution in [0.3, 0.4) is 0 Å². The molecule has 0 spiro atoms. The summed E-state index contributed by atoms with van der Waals surface area (Å²) in [5.74, 6) is 0.0117. The van der Waals surface area contributed by atoms with Gasteiger partial charge >= 0.3 is 12.2 Å². The van der Waals surface area contributed by atoms with Gasteiger partial charge in [-0.25, -0.2) is 4.79 Å². The third-order valence-electron chi connectivity index (χ3n) is 5.96. The van der Waals surface area contributed by atoms with Crippen molar-refractivity contribution in [3.63, 3.8) is 0 Å². The Morgan fingerprint density at radius 1 is 1.03 bits per heavy atom. The van der Waals surface area contributed by atoms with E-state index in [0.717, 1.165) is 23.3 Å². The van der Waals surface area contributed by atoms with Crippen LogP contribution >= 0.6 is 0 Å². The molecule has 1 heterocycles. The third kappa shape index (κ3) is 5.62. The fourth-order valence-electron chi connectivity index (χ4n) is 4.16. The van der Waals surface area contributed by atoms with Crippen molar-refractivity contribution in [3.8, 4) is 5.75 Å². The van der Waals surface area contributed by atoms with Crippen LogP contribution in [0.4, 0.5) is 29.3 Å². The number of ether oxygens (including phenoxy) is 1. The third-order valence-corrected chi connectivity index (χ3v) is 5.96. The molecule has 0 aromatic heterocycles. The number of nitrogens with zero attached hydrogens (tertiary/aromatic N) is 2. The van der Waals surface area contributed by atoms with Crippen LogP contribution in [0.1, 0.15) is 33.5 Å². The maximum absolute atomic E-state index is 13.4. The highest BCUT2D eigenvalue weighted by Crippen LogP contribution is 2.32. The van der Waals surface area contributed by atoms with E-state index >= 15 is 0 Å². The van der Waals surface area contributed by atoms with Gasteiger partial charge < -0.3 is 15.0 Å². The summed E-state index contributed by atoms with van der Waals surface area (Å²) < 4.78 is 44.6. The highest BCUT2D eigenvalue weighted by Gasteiger charge is 2.31. The average Bonchev–Trinajstić information content (AvgIpc) is 2.85. The van der Waals surface area contributed by atoms with Gasteiger partial charge in [0.1, 0.15) is 5.75 Å². The van der Waals surface area contributed by atoms with Crippen LogP contribution < -0.4 is 15.0 Å². The number of methoxy groups -OCH3 is 1. The fourth-order valence-corrected chi connectivity index (χ4v) is 4.16. The largest absolute Gasteiger partial charge is 0.497 e. The number of halogens is 3. The molecular weight excluding hydrogens is 471 g/mol. The Hall–Kier alpha value is -4.01. The average molecular weight is 498 g/mol. The van der Waals surface area contributed by atoms with Crippen molar-refractivity contribution < 1.29 is 27.5 Å². The molecule has 3 aromatic rings. The van der Waals surface area contributed by atoms with E-state index in [1.165, 1.54) is 12.1 Å². The number of alkyl halides is 3. The van der Waals surface area contributed by atoms with Gasteiger partial charge in [0.05, 0.1) is 24.0 Å². The molecule has 0 atom stereocenters. The Bertz CT molecular complexity index is 1280. The van der Waals surface area contributed by atoms with E-state index in [4.69, 9.17) is 4.74 Å². The Morgan fingerprint density at radius 2 is 1.81 bits per heavy atom. The van der Waals surface area contributed by atoms with Crippen LogP contribution in [0, 0.1) is 6.92 Å². The van der Waals surface area contributed by atoms with Gasteiger partial charge in [-0.05, 0) is 66.9 Å². The highest BCUT2D eigenvalue weighted by molar-refractivity contribution is 6.07. The molecule has 0 aliphatic carbocycles. The molecule has 0 saturated carbocycles. The van der Waals surface area contributed by atoms with Crippen molar-refractivity contribution in [2.24, 2.45) is 0 Å². The van der Waals surface area contributed by atoms with Gasteiger partial charge in [-0.1, -0.05) is 24.3 Å². The molecule has 9 heteroatoms. The first-order valence-electron chi connectivity index (χ1n) is 11.4. The summed E-state index contributed by atoms with van der Waals surface area (Å²) in [5.41, 5.74) is 1.57. The number of carbonyl (C=O) groups is 2. The summed E-state index contributed by atoms with van der Waals surface area (Å²) >= 11 is 0. The second-order valence-corrected chi connectivity index (χ2v) is 8.61. The fraction of sp³-hybridized carbons (Fsp3) is 0.259. The number of nitrogens with one attached hydrogen (secondary N) is 1. The quantitative estimate of drug-likeness (QED) is 0.447. The highest BCUT2D eigenvalue weighted by atomic mass is 19.4. The molecule has 0 radical (unpaired) electrons. The Kier molecular flexibility index (Phi) is 7.19. The number of anilines is 2. The first kappa shape index (κ1) is 25.1. The molecule has 3 amide bonds.